The van der Waals surface area contributed by atoms with Crippen molar-refractivity contribution in [3.63, 3.8) is 0 Å². The minimum atomic E-state index is -0.582. The predicted molar refractivity (Wildman–Crippen MR) is 137 cm³/mol. The van der Waals surface area contributed by atoms with E-state index in [2.05, 4.69) is 10.5 Å². The quantitative estimate of drug-likeness (QED) is 0.166. The largest absolute Gasteiger partial charge is 0.497 e. The Balaban J connectivity index is 1.62. The third-order valence-electron chi connectivity index (χ3n) is 5.44. The first kappa shape index (κ1) is 24.3. The van der Waals surface area contributed by atoms with E-state index >= 15 is 0 Å². The lowest BCUT2D eigenvalue weighted by Gasteiger charge is -2.12. The standard InChI is InChI=1S/C28H24N2O6/c1-33-21-9-6-8-19(15-21)27(31)30-29-17-23-22-10-5-4-7-18(22)11-13-24(23)36-28(32)20-12-14-25(34-2)26(16-20)35-3/h4-17H,1-3H3,(H,30,31)/b29-17+. The number of hydrazone groups is 1. The molecule has 0 bridgehead atoms. The number of ether oxygens (including phenoxy) is 4. The van der Waals surface area contributed by atoms with Crippen LogP contribution in [-0.4, -0.2) is 39.4 Å². The van der Waals surface area contributed by atoms with Crippen LogP contribution in [0.1, 0.15) is 26.3 Å². The van der Waals surface area contributed by atoms with Gasteiger partial charge in [0.15, 0.2) is 11.5 Å². The Morgan fingerprint density at radius 2 is 1.53 bits per heavy atom. The normalized spacial score (nSPS) is 10.8. The molecule has 182 valence electrons. The number of hydrogen-bond donors (Lipinski definition) is 1. The van der Waals surface area contributed by atoms with Crippen molar-refractivity contribution >= 4 is 28.9 Å². The summed E-state index contributed by atoms with van der Waals surface area (Å²) in [4.78, 5) is 25.5. The van der Waals surface area contributed by atoms with Gasteiger partial charge in [-0.2, -0.15) is 5.10 Å². The Hall–Kier alpha value is -4.85. The Bertz CT molecular complexity index is 1450. The molecule has 1 amide bonds. The second-order valence-corrected chi connectivity index (χ2v) is 7.59. The van der Waals surface area contributed by atoms with Crippen LogP contribution in [0, 0.1) is 0 Å². The molecular formula is C28H24N2O6. The zero-order chi connectivity index (χ0) is 25.5. The molecule has 8 heteroatoms. The number of methoxy groups -OCH3 is 3. The molecular weight excluding hydrogens is 460 g/mol. The highest BCUT2D eigenvalue weighted by molar-refractivity contribution is 6.04. The summed E-state index contributed by atoms with van der Waals surface area (Å²) in [6.07, 6.45) is 1.46. The van der Waals surface area contributed by atoms with Gasteiger partial charge in [0.05, 0.1) is 33.1 Å². The lowest BCUT2D eigenvalue weighted by atomic mass is 10.0. The van der Waals surface area contributed by atoms with Gasteiger partial charge < -0.3 is 18.9 Å². The summed E-state index contributed by atoms with van der Waals surface area (Å²) in [5.74, 6) is 0.764. The molecule has 1 N–H and O–H groups in total. The van der Waals surface area contributed by atoms with Gasteiger partial charge in [0, 0.05) is 11.1 Å². The Kier molecular flexibility index (Phi) is 7.45. The van der Waals surface area contributed by atoms with Crippen LogP contribution in [0.2, 0.25) is 0 Å². The smallest absolute Gasteiger partial charge is 0.343 e. The molecule has 0 aromatic heterocycles. The average molecular weight is 485 g/mol. The van der Waals surface area contributed by atoms with Crippen LogP contribution in [0.5, 0.6) is 23.0 Å². The second-order valence-electron chi connectivity index (χ2n) is 7.59. The maximum Gasteiger partial charge on any atom is 0.343 e. The van der Waals surface area contributed by atoms with Gasteiger partial charge in [-0.15, -0.1) is 0 Å². The summed E-state index contributed by atoms with van der Waals surface area (Å²) in [7, 11) is 4.54. The minimum Gasteiger partial charge on any atom is -0.497 e. The van der Waals surface area contributed by atoms with Gasteiger partial charge in [0.2, 0.25) is 0 Å². The van der Waals surface area contributed by atoms with Gasteiger partial charge in [-0.05, 0) is 53.2 Å². The highest BCUT2D eigenvalue weighted by atomic mass is 16.5. The van der Waals surface area contributed by atoms with Crippen molar-refractivity contribution < 1.29 is 28.5 Å². The number of nitrogens with zero attached hydrogens (tertiary/aromatic N) is 1. The number of carbonyl (C=O) groups excluding carboxylic acids is 2. The fraction of sp³-hybridized carbons (Fsp3) is 0.107. The maximum atomic E-state index is 13.0. The van der Waals surface area contributed by atoms with Gasteiger partial charge >= 0.3 is 5.97 Å². The van der Waals surface area contributed by atoms with Crippen molar-refractivity contribution in [2.75, 3.05) is 21.3 Å². The van der Waals surface area contributed by atoms with Gasteiger partial charge in [-0.1, -0.05) is 36.4 Å². The number of esters is 1. The van der Waals surface area contributed by atoms with E-state index in [1.54, 1.807) is 48.5 Å². The summed E-state index contributed by atoms with van der Waals surface area (Å²) >= 11 is 0. The van der Waals surface area contributed by atoms with E-state index in [4.69, 9.17) is 18.9 Å². The van der Waals surface area contributed by atoms with E-state index in [1.807, 2.05) is 30.3 Å². The SMILES string of the molecule is COc1cccc(C(=O)N/N=C/c2c(OC(=O)c3ccc(OC)c(OC)c3)ccc3ccccc23)c1. The van der Waals surface area contributed by atoms with Crippen LogP contribution in [-0.2, 0) is 0 Å². The molecule has 0 aliphatic heterocycles. The third-order valence-corrected chi connectivity index (χ3v) is 5.44. The predicted octanol–water partition coefficient (Wildman–Crippen LogP) is 4.85. The zero-order valence-electron chi connectivity index (χ0n) is 20.0. The first-order valence-corrected chi connectivity index (χ1v) is 11.0. The van der Waals surface area contributed by atoms with E-state index in [9.17, 15) is 9.59 Å². The van der Waals surface area contributed by atoms with Crippen molar-refractivity contribution in [3.8, 4) is 23.0 Å². The first-order valence-electron chi connectivity index (χ1n) is 11.0. The molecule has 36 heavy (non-hydrogen) atoms. The molecule has 0 saturated heterocycles. The molecule has 0 aliphatic carbocycles. The Morgan fingerprint density at radius 1 is 0.750 bits per heavy atom. The number of hydrogen-bond acceptors (Lipinski definition) is 7. The maximum absolute atomic E-state index is 13.0. The van der Waals surface area contributed by atoms with Crippen molar-refractivity contribution in [1.29, 1.82) is 0 Å². The second kappa shape index (κ2) is 11.1. The average Bonchev–Trinajstić information content (AvgIpc) is 2.93. The monoisotopic (exact) mass is 484 g/mol. The summed E-state index contributed by atoms with van der Waals surface area (Å²) in [5.41, 5.74) is 3.72. The van der Waals surface area contributed by atoms with Gasteiger partial charge in [0.25, 0.3) is 5.91 Å². The zero-order valence-corrected chi connectivity index (χ0v) is 20.0. The van der Waals surface area contributed by atoms with E-state index in [0.717, 1.165) is 10.8 Å². The van der Waals surface area contributed by atoms with E-state index < -0.39 is 11.9 Å². The van der Waals surface area contributed by atoms with Gasteiger partial charge in [0.1, 0.15) is 11.5 Å². The molecule has 4 aromatic carbocycles. The molecule has 0 spiro atoms. The fourth-order valence-electron chi connectivity index (χ4n) is 3.60. The number of benzene rings is 4. The lowest BCUT2D eigenvalue weighted by molar-refractivity contribution is 0.0734. The molecule has 0 fully saturated rings. The molecule has 0 unspecified atom stereocenters. The molecule has 8 nitrogen and oxygen atoms in total. The number of carbonyl (C=O) groups is 2. The molecule has 0 saturated carbocycles. The number of fused-ring (bicyclic) bond motifs is 1. The van der Waals surface area contributed by atoms with E-state index in [0.29, 0.717) is 28.4 Å². The number of nitrogens with one attached hydrogen (secondary N) is 1. The fourth-order valence-corrected chi connectivity index (χ4v) is 3.60. The molecule has 0 aliphatic rings. The molecule has 4 aromatic rings. The number of rotatable bonds is 8. The van der Waals surface area contributed by atoms with Crippen molar-refractivity contribution in [3.05, 3.63) is 95.6 Å². The lowest BCUT2D eigenvalue weighted by Crippen LogP contribution is -2.17. The van der Waals surface area contributed by atoms with Crippen LogP contribution < -0.4 is 24.4 Å². The summed E-state index contributed by atoms with van der Waals surface area (Å²) in [5, 5.41) is 5.84. The van der Waals surface area contributed by atoms with Crippen LogP contribution >= 0.6 is 0 Å². The Morgan fingerprint density at radius 3 is 2.31 bits per heavy atom. The molecule has 0 atom stereocenters. The van der Waals surface area contributed by atoms with Crippen molar-refractivity contribution in [2.45, 2.75) is 0 Å². The topological polar surface area (TPSA) is 95.5 Å². The van der Waals surface area contributed by atoms with Gasteiger partial charge in [-0.25, -0.2) is 10.2 Å². The highest BCUT2D eigenvalue weighted by Crippen LogP contribution is 2.30. The van der Waals surface area contributed by atoms with Crippen LogP contribution in [0.25, 0.3) is 10.8 Å². The summed E-state index contributed by atoms with van der Waals surface area (Å²) in [6.45, 7) is 0. The van der Waals surface area contributed by atoms with Crippen LogP contribution in [0.4, 0.5) is 0 Å². The first-order chi connectivity index (χ1) is 17.5. The van der Waals surface area contributed by atoms with Crippen molar-refractivity contribution in [2.24, 2.45) is 5.10 Å². The number of amides is 1. The third kappa shape index (κ3) is 5.28. The van der Waals surface area contributed by atoms with Crippen molar-refractivity contribution in [1.82, 2.24) is 5.43 Å². The summed E-state index contributed by atoms with van der Waals surface area (Å²) in [6, 6.07) is 22.6. The Labute approximate surface area is 208 Å². The molecule has 4 rings (SSSR count). The van der Waals surface area contributed by atoms with Crippen LogP contribution in [0.3, 0.4) is 0 Å². The van der Waals surface area contributed by atoms with E-state index in [1.165, 1.54) is 27.5 Å². The van der Waals surface area contributed by atoms with E-state index in [-0.39, 0.29) is 11.3 Å². The molecule has 0 heterocycles. The summed E-state index contributed by atoms with van der Waals surface area (Å²) < 4.78 is 21.4. The molecule has 0 radical (unpaired) electrons. The highest BCUT2D eigenvalue weighted by Gasteiger charge is 2.16. The minimum absolute atomic E-state index is 0.285. The van der Waals surface area contributed by atoms with Gasteiger partial charge in [-0.3, -0.25) is 4.79 Å². The van der Waals surface area contributed by atoms with Crippen LogP contribution in [0.15, 0.2) is 84.0 Å².